The van der Waals surface area contributed by atoms with Gasteiger partial charge in [-0.05, 0) is 19.3 Å². The summed E-state index contributed by atoms with van der Waals surface area (Å²) in [4.78, 5) is 11.3. The minimum absolute atomic E-state index is 0.147. The smallest absolute Gasteiger partial charge is 0.305 e. The molecule has 0 bridgehead atoms. The van der Waals surface area contributed by atoms with E-state index in [0.29, 0.717) is 65.7 Å². The molecule has 0 aliphatic rings. The Bertz CT molecular complexity index is 338. The van der Waals surface area contributed by atoms with Crippen LogP contribution in [0.25, 0.3) is 0 Å². The predicted octanol–water partition coefficient (Wildman–Crippen LogP) is 5.32. The van der Waals surface area contributed by atoms with Crippen molar-refractivity contribution >= 4 is 5.97 Å². The Morgan fingerprint density at radius 3 is 1.40 bits per heavy atom. The van der Waals surface area contributed by atoms with Gasteiger partial charge in [0.05, 0.1) is 46.2 Å². The van der Waals surface area contributed by atoms with Crippen molar-refractivity contribution in [1.82, 2.24) is 0 Å². The second kappa shape index (κ2) is 26.3. The number of carbonyl (C=O) groups is 1. The van der Waals surface area contributed by atoms with Crippen molar-refractivity contribution in [3.05, 3.63) is 0 Å². The minimum atomic E-state index is -0.147. The Kier molecular flexibility index (Phi) is 25.7. The lowest BCUT2D eigenvalue weighted by molar-refractivity contribution is -0.144. The molecular formula is C24H48O6. The third-order valence-electron chi connectivity index (χ3n) is 4.65. The first-order valence-corrected chi connectivity index (χ1v) is 12.3. The lowest BCUT2D eigenvalue weighted by Crippen LogP contribution is -2.12. The number of hydrogen-bond donors (Lipinski definition) is 0. The average Bonchev–Trinajstić information content (AvgIpc) is 2.75. The molecule has 0 unspecified atom stereocenters. The number of ether oxygens (including phenoxy) is 5. The maximum atomic E-state index is 11.3. The Balaban J connectivity index is 3.04. The number of unbranched alkanes of at least 4 members (excludes halogenated alkanes) is 8. The van der Waals surface area contributed by atoms with Crippen LogP contribution in [0.2, 0.25) is 0 Å². The van der Waals surface area contributed by atoms with Crippen LogP contribution in [0.4, 0.5) is 0 Å². The van der Waals surface area contributed by atoms with Gasteiger partial charge in [0.25, 0.3) is 0 Å². The minimum Gasteiger partial charge on any atom is -0.466 e. The Labute approximate surface area is 185 Å². The molecular weight excluding hydrogens is 384 g/mol. The van der Waals surface area contributed by atoms with Gasteiger partial charge in [-0.1, -0.05) is 65.2 Å². The molecule has 0 aromatic heterocycles. The van der Waals surface area contributed by atoms with E-state index in [-0.39, 0.29) is 5.97 Å². The number of carbonyl (C=O) groups excluding carboxylic acids is 1. The molecule has 0 amide bonds. The van der Waals surface area contributed by atoms with Gasteiger partial charge < -0.3 is 23.7 Å². The molecule has 0 spiro atoms. The third kappa shape index (κ3) is 25.3. The largest absolute Gasteiger partial charge is 0.466 e. The van der Waals surface area contributed by atoms with Crippen molar-refractivity contribution in [2.75, 3.05) is 59.5 Å². The summed E-state index contributed by atoms with van der Waals surface area (Å²) in [5, 5.41) is 0. The molecule has 0 N–H and O–H groups in total. The van der Waals surface area contributed by atoms with Crippen LogP contribution in [0.5, 0.6) is 0 Å². The summed E-state index contributed by atoms with van der Waals surface area (Å²) in [6.07, 6.45) is 14.0. The van der Waals surface area contributed by atoms with Crippen LogP contribution in [0.3, 0.4) is 0 Å². The molecule has 0 saturated heterocycles. The number of hydrogen-bond acceptors (Lipinski definition) is 6. The molecule has 0 heterocycles. The maximum Gasteiger partial charge on any atom is 0.305 e. The van der Waals surface area contributed by atoms with Crippen molar-refractivity contribution in [3.8, 4) is 0 Å². The second-order valence-corrected chi connectivity index (χ2v) is 7.60. The summed E-state index contributed by atoms with van der Waals surface area (Å²) >= 11 is 0. The van der Waals surface area contributed by atoms with E-state index in [9.17, 15) is 4.79 Å². The fraction of sp³-hybridized carbons (Fsp3) is 0.958. The van der Waals surface area contributed by atoms with Crippen molar-refractivity contribution in [3.63, 3.8) is 0 Å². The van der Waals surface area contributed by atoms with E-state index >= 15 is 0 Å². The van der Waals surface area contributed by atoms with E-state index in [0.717, 1.165) is 19.4 Å². The van der Waals surface area contributed by atoms with E-state index in [2.05, 4.69) is 6.92 Å². The zero-order valence-corrected chi connectivity index (χ0v) is 19.8. The molecule has 6 nitrogen and oxygen atoms in total. The molecule has 0 aromatic rings. The van der Waals surface area contributed by atoms with Gasteiger partial charge in [0, 0.05) is 19.6 Å². The third-order valence-corrected chi connectivity index (χ3v) is 4.65. The molecule has 0 rings (SSSR count). The monoisotopic (exact) mass is 432 g/mol. The van der Waals surface area contributed by atoms with Crippen molar-refractivity contribution in [1.29, 1.82) is 0 Å². The number of rotatable bonds is 25. The normalized spacial score (nSPS) is 11.1. The molecule has 0 aromatic carbocycles. The highest BCUT2D eigenvalue weighted by molar-refractivity contribution is 5.69. The lowest BCUT2D eigenvalue weighted by atomic mass is 10.1. The van der Waals surface area contributed by atoms with Crippen LogP contribution < -0.4 is 0 Å². The van der Waals surface area contributed by atoms with Crippen LogP contribution in [-0.4, -0.2) is 65.4 Å². The van der Waals surface area contributed by atoms with Gasteiger partial charge in [-0.25, -0.2) is 0 Å². The van der Waals surface area contributed by atoms with Gasteiger partial charge in [0.15, 0.2) is 0 Å². The average molecular weight is 433 g/mol. The van der Waals surface area contributed by atoms with Gasteiger partial charge in [-0.3, -0.25) is 4.79 Å². The summed E-state index contributed by atoms with van der Waals surface area (Å²) in [5.41, 5.74) is 0. The molecule has 0 atom stereocenters. The molecule has 6 heteroatoms. The fourth-order valence-corrected chi connectivity index (χ4v) is 2.88. The molecule has 0 aliphatic carbocycles. The molecule has 0 fully saturated rings. The summed E-state index contributed by atoms with van der Waals surface area (Å²) in [5.74, 6) is -0.147. The van der Waals surface area contributed by atoms with E-state index < -0.39 is 0 Å². The van der Waals surface area contributed by atoms with Crippen molar-refractivity contribution in [2.45, 2.75) is 90.9 Å². The standard InChI is InChI=1S/C24H48O6/c1-3-5-6-7-8-9-10-11-12-16-26-18-20-28-22-23-29-21-19-27-17-13-14-24(25)30-15-4-2/h3-23H2,1-2H3. The Hall–Kier alpha value is -0.690. The molecule has 0 radical (unpaired) electrons. The molecule has 30 heavy (non-hydrogen) atoms. The summed E-state index contributed by atoms with van der Waals surface area (Å²) in [6, 6.07) is 0. The molecule has 180 valence electrons. The van der Waals surface area contributed by atoms with Crippen LogP contribution in [0.15, 0.2) is 0 Å². The van der Waals surface area contributed by atoms with E-state index in [1.807, 2.05) is 6.92 Å². The first kappa shape index (κ1) is 29.3. The maximum absolute atomic E-state index is 11.3. The summed E-state index contributed by atoms with van der Waals surface area (Å²) in [7, 11) is 0. The van der Waals surface area contributed by atoms with Crippen LogP contribution >= 0.6 is 0 Å². The zero-order valence-electron chi connectivity index (χ0n) is 19.8. The van der Waals surface area contributed by atoms with Crippen LogP contribution in [0, 0.1) is 0 Å². The molecule has 0 aliphatic heterocycles. The second-order valence-electron chi connectivity index (χ2n) is 7.60. The van der Waals surface area contributed by atoms with Gasteiger partial charge in [0.2, 0.25) is 0 Å². The van der Waals surface area contributed by atoms with E-state index in [4.69, 9.17) is 23.7 Å². The summed E-state index contributed by atoms with van der Waals surface area (Å²) < 4.78 is 26.9. The predicted molar refractivity (Wildman–Crippen MR) is 121 cm³/mol. The first-order chi connectivity index (χ1) is 14.8. The van der Waals surface area contributed by atoms with Gasteiger partial charge in [-0.2, -0.15) is 0 Å². The highest BCUT2D eigenvalue weighted by Gasteiger charge is 2.01. The van der Waals surface area contributed by atoms with Crippen molar-refractivity contribution < 1.29 is 28.5 Å². The molecule has 0 saturated carbocycles. The summed E-state index contributed by atoms with van der Waals surface area (Å²) in [6.45, 7) is 9.61. The first-order valence-electron chi connectivity index (χ1n) is 12.3. The van der Waals surface area contributed by atoms with Gasteiger partial charge in [0.1, 0.15) is 0 Å². The lowest BCUT2D eigenvalue weighted by Gasteiger charge is -2.08. The topological polar surface area (TPSA) is 63.2 Å². The van der Waals surface area contributed by atoms with Crippen LogP contribution in [-0.2, 0) is 28.5 Å². The highest BCUT2D eigenvalue weighted by Crippen LogP contribution is 2.09. The van der Waals surface area contributed by atoms with E-state index in [1.165, 1.54) is 51.4 Å². The highest BCUT2D eigenvalue weighted by atomic mass is 16.6. The fourth-order valence-electron chi connectivity index (χ4n) is 2.88. The van der Waals surface area contributed by atoms with Gasteiger partial charge in [-0.15, -0.1) is 0 Å². The van der Waals surface area contributed by atoms with Gasteiger partial charge >= 0.3 is 5.97 Å². The quantitative estimate of drug-likeness (QED) is 0.144. The SMILES string of the molecule is CCCCCCCCCCCOCCOCCOCCOCCCC(=O)OCCC. The Morgan fingerprint density at radius 2 is 0.900 bits per heavy atom. The van der Waals surface area contributed by atoms with Crippen molar-refractivity contribution in [2.24, 2.45) is 0 Å². The van der Waals surface area contributed by atoms with Crippen LogP contribution in [0.1, 0.15) is 90.9 Å². The van der Waals surface area contributed by atoms with E-state index in [1.54, 1.807) is 0 Å². The number of esters is 1. The zero-order chi connectivity index (χ0) is 22.0. The Morgan fingerprint density at radius 1 is 0.467 bits per heavy atom.